The molecule has 0 aromatic rings. The van der Waals surface area contributed by atoms with Crippen molar-refractivity contribution in [2.75, 3.05) is 19.8 Å². The molecule has 0 aliphatic carbocycles. The minimum atomic E-state index is -1.58. The first-order valence-corrected chi connectivity index (χ1v) is 31.6. The normalized spacial score (nSPS) is 19.1. The van der Waals surface area contributed by atoms with Gasteiger partial charge in [-0.25, -0.2) is 0 Å². The highest BCUT2D eigenvalue weighted by atomic mass is 16.7. The van der Waals surface area contributed by atoms with Gasteiger partial charge < -0.3 is 45.1 Å². The van der Waals surface area contributed by atoms with Gasteiger partial charge >= 0.3 is 5.97 Å². The van der Waals surface area contributed by atoms with E-state index in [-0.39, 0.29) is 18.5 Å². The second kappa shape index (κ2) is 54.3. The van der Waals surface area contributed by atoms with Crippen molar-refractivity contribution in [3.63, 3.8) is 0 Å². The zero-order valence-corrected chi connectivity index (χ0v) is 48.7. The summed E-state index contributed by atoms with van der Waals surface area (Å²) in [4.78, 5) is 25.0. The molecule has 1 rings (SSSR count). The van der Waals surface area contributed by atoms with Gasteiger partial charge in [-0.05, 0) is 83.5 Å². The first kappa shape index (κ1) is 71.4. The van der Waals surface area contributed by atoms with Crippen molar-refractivity contribution in [3.8, 4) is 0 Å². The monoisotopic (exact) mass is 1070 g/mol. The highest BCUT2D eigenvalue weighted by molar-refractivity contribution is 5.76. The van der Waals surface area contributed by atoms with Crippen molar-refractivity contribution < 1.29 is 49.3 Å². The molecule has 1 saturated heterocycles. The maximum absolute atomic E-state index is 13.0. The number of aliphatic hydroxyl groups excluding tert-OH is 5. The van der Waals surface area contributed by atoms with Crippen LogP contribution in [-0.4, -0.2) is 100 Å². The van der Waals surface area contributed by atoms with Crippen LogP contribution < -0.4 is 5.32 Å². The minimum absolute atomic E-state index is 0.000455. The zero-order valence-electron chi connectivity index (χ0n) is 48.7. The number of hydrogen-bond acceptors (Lipinski definition) is 10. The fraction of sp³-hybridized carbons (Fsp3) is 0.815. The minimum Gasteiger partial charge on any atom is -0.466 e. The summed E-state index contributed by atoms with van der Waals surface area (Å²) < 4.78 is 16.7. The Labute approximate surface area is 465 Å². The van der Waals surface area contributed by atoms with Crippen molar-refractivity contribution in [2.45, 2.75) is 320 Å². The maximum atomic E-state index is 13.0. The summed E-state index contributed by atoms with van der Waals surface area (Å²) in [6.07, 6.45) is 60.6. The van der Waals surface area contributed by atoms with Crippen molar-refractivity contribution in [1.29, 1.82) is 0 Å². The molecule has 7 atom stereocenters. The van der Waals surface area contributed by atoms with E-state index >= 15 is 0 Å². The van der Waals surface area contributed by atoms with Crippen molar-refractivity contribution in [2.24, 2.45) is 0 Å². The number of nitrogens with one attached hydrogen (secondary N) is 1. The Morgan fingerprint density at radius 2 is 0.934 bits per heavy atom. The Morgan fingerprint density at radius 1 is 0.500 bits per heavy atom. The topological polar surface area (TPSA) is 175 Å². The van der Waals surface area contributed by atoms with Gasteiger partial charge in [-0.15, -0.1) is 0 Å². The molecule has 0 aromatic carbocycles. The predicted octanol–water partition coefficient (Wildman–Crippen LogP) is 15.0. The Morgan fingerprint density at radius 3 is 1.43 bits per heavy atom. The lowest BCUT2D eigenvalue weighted by atomic mass is 9.99. The average molecular weight is 1070 g/mol. The molecule has 1 aliphatic heterocycles. The largest absolute Gasteiger partial charge is 0.466 e. The number of carbonyl (C=O) groups excluding carboxylic acids is 2. The summed E-state index contributed by atoms with van der Waals surface area (Å²) in [5, 5.41) is 54.2. The first-order chi connectivity index (χ1) is 37.2. The molecule has 76 heavy (non-hydrogen) atoms. The van der Waals surface area contributed by atoms with E-state index in [2.05, 4.69) is 67.8 Å². The Kier molecular flexibility index (Phi) is 51.0. The van der Waals surface area contributed by atoms with Crippen LogP contribution in [0.2, 0.25) is 0 Å². The zero-order chi connectivity index (χ0) is 55.2. The van der Waals surface area contributed by atoms with Crippen molar-refractivity contribution >= 4 is 11.9 Å². The van der Waals surface area contributed by atoms with Crippen LogP contribution in [-0.2, 0) is 23.8 Å². The van der Waals surface area contributed by atoms with Crippen LogP contribution >= 0.6 is 0 Å². The van der Waals surface area contributed by atoms with Gasteiger partial charge in [-0.1, -0.05) is 242 Å². The second-order valence-electron chi connectivity index (χ2n) is 21.7. The molecule has 6 N–H and O–H groups in total. The Bertz CT molecular complexity index is 1450. The van der Waals surface area contributed by atoms with Crippen LogP contribution in [0.3, 0.4) is 0 Å². The third-order valence-electron chi connectivity index (χ3n) is 14.6. The number of aliphatic hydroxyl groups is 5. The number of esters is 1. The Hall–Kier alpha value is -2.64. The number of rotatable bonds is 54. The number of hydrogen-bond donors (Lipinski definition) is 6. The van der Waals surface area contributed by atoms with E-state index in [1.54, 1.807) is 6.08 Å². The summed E-state index contributed by atoms with van der Waals surface area (Å²) >= 11 is 0. The third kappa shape index (κ3) is 43.3. The summed E-state index contributed by atoms with van der Waals surface area (Å²) in [5.74, 6) is -0.203. The summed E-state index contributed by atoms with van der Waals surface area (Å²) in [5.41, 5.74) is 0. The van der Waals surface area contributed by atoms with Gasteiger partial charge in [-0.3, -0.25) is 9.59 Å². The van der Waals surface area contributed by atoms with Gasteiger partial charge in [0.05, 0.1) is 32.0 Å². The summed E-state index contributed by atoms with van der Waals surface area (Å²) in [7, 11) is 0. The molecular formula is C65H117NO10. The van der Waals surface area contributed by atoms with E-state index in [4.69, 9.17) is 14.2 Å². The number of unbranched alkanes of at least 4 members (excludes halogenated alkanes) is 32. The van der Waals surface area contributed by atoms with Crippen LogP contribution in [0.1, 0.15) is 277 Å². The Balaban J connectivity index is 2.01. The molecular weight excluding hydrogens is 955 g/mol. The van der Waals surface area contributed by atoms with E-state index in [1.165, 1.54) is 167 Å². The molecule has 1 heterocycles. The van der Waals surface area contributed by atoms with Crippen LogP contribution in [0.25, 0.3) is 0 Å². The predicted molar refractivity (Wildman–Crippen MR) is 315 cm³/mol. The van der Waals surface area contributed by atoms with Gasteiger partial charge in [0.25, 0.3) is 0 Å². The second-order valence-corrected chi connectivity index (χ2v) is 21.7. The SMILES string of the molecule is CC/C=C/CC/C=C/CC/C=C/C(O)C(COC1OC(CO)C(O)C(O)C1O)NC(=O)CCCCCCCCCCCCC/C=C\C/C=C\CCCCCCCCCCCOC(=O)CCCCCCCCCCCCC. The van der Waals surface area contributed by atoms with Gasteiger partial charge in [0.2, 0.25) is 5.91 Å². The summed E-state index contributed by atoms with van der Waals surface area (Å²) in [6.45, 7) is 4.19. The molecule has 0 spiro atoms. The molecule has 11 nitrogen and oxygen atoms in total. The highest BCUT2D eigenvalue weighted by Gasteiger charge is 2.44. The van der Waals surface area contributed by atoms with E-state index in [9.17, 15) is 35.1 Å². The van der Waals surface area contributed by atoms with E-state index in [1.807, 2.05) is 6.08 Å². The van der Waals surface area contributed by atoms with Gasteiger partial charge in [0, 0.05) is 12.8 Å². The quantitative estimate of drug-likeness (QED) is 0.0195. The standard InChI is InChI=1S/C65H117NO10/c1-3-5-7-9-11-13-32-37-41-45-49-53-61(70)74-54-50-46-42-38-34-31-29-27-25-23-21-19-17-15-16-18-20-22-24-26-28-30-33-36-40-44-48-52-60(69)66-57(56-75-65-64(73)63(72)62(71)59(55-67)76-65)58(68)51-47-43-39-35-14-12-10-8-6-4-2/h6,8,14-16,19,21,35,47,51,57-59,62-65,67-68,71-73H,3-5,7,9-13,17-18,20,22-34,36-46,48-50,52-56H2,1-2H3,(H,66,69)/b8-6+,16-15-,21-19-,35-14+,51-47+. The number of ether oxygens (including phenoxy) is 3. The fourth-order valence-corrected chi connectivity index (χ4v) is 9.62. The molecule has 0 bridgehead atoms. The number of amides is 1. The van der Waals surface area contributed by atoms with E-state index in [0.29, 0.717) is 19.4 Å². The molecule has 0 saturated carbocycles. The van der Waals surface area contributed by atoms with E-state index < -0.39 is 49.5 Å². The van der Waals surface area contributed by atoms with Gasteiger partial charge in [0.15, 0.2) is 6.29 Å². The molecule has 11 heteroatoms. The van der Waals surface area contributed by atoms with Gasteiger partial charge in [0.1, 0.15) is 24.4 Å². The lowest BCUT2D eigenvalue weighted by Crippen LogP contribution is -2.60. The first-order valence-electron chi connectivity index (χ1n) is 31.6. The van der Waals surface area contributed by atoms with E-state index in [0.717, 1.165) is 83.5 Å². The molecule has 1 amide bonds. The molecule has 0 radical (unpaired) electrons. The van der Waals surface area contributed by atoms with Gasteiger partial charge in [-0.2, -0.15) is 0 Å². The van der Waals surface area contributed by atoms with Crippen LogP contribution in [0, 0.1) is 0 Å². The molecule has 442 valence electrons. The smallest absolute Gasteiger partial charge is 0.305 e. The van der Waals surface area contributed by atoms with Crippen LogP contribution in [0.15, 0.2) is 60.8 Å². The van der Waals surface area contributed by atoms with Crippen LogP contribution in [0.5, 0.6) is 0 Å². The van der Waals surface area contributed by atoms with Crippen molar-refractivity contribution in [1.82, 2.24) is 5.32 Å². The maximum Gasteiger partial charge on any atom is 0.305 e. The lowest BCUT2D eigenvalue weighted by molar-refractivity contribution is -0.302. The molecule has 0 aromatic heterocycles. The highest BCUT2D eigenvalue weighted by Crippen LogP contribution is 2.23. The number of allylic oxidation sites excluding steroid dienone is 9. The fourth-order valence-electron chi connectivity index (χ4n) is 9.62. The summed E-state index contributed by atoms with van der Waals surface area (Å²) in [6, 6.07) is -0.837. The lowest BCUT2D eigenvalue weighted by Gasteiger charge is -2.40. The molecule has 1 aliphatic rings. The molecule has 7 unspecified atom stereocenters. The molecule has 1 fully saturated rings. The third-order valence-corrected chi connectivity index (χ3v) is 14.6. The number of carbonyl (C=O) groups is 2. The average Bonchev–Trinajstić information content (AvgIpc) is 3.42. The van der Waals surface area contributed by atoms with Crippen LogP contribution in [0.4, 0.5) is 0 Å². The van der Waals surface area contributed by atoms with Crippen molar-refractivity contribution in [3.05, 3.63) is 60.8 Å².